The highest BCUT2D eigenvalue weighted by Crippen LogP contribution is 2.25. The molecule has 3 aromatic rings. The Morgan fingerprint density at radius 1 is 1.24 bits per heavy atom. The maximum Gasteiger partial charge on any atom is 0.329 e. The van der Waals surface area contributed by atoms with Crippen molar-refractivity contribution in [2.45, 2.75) is 18.9 Å². The van der Waals surface area contributed by atoms with Gasteiger partial charge in [0.1, 0.15) is 6.61 Å². The molecule has 4 rings (SSSR count). The van der Waals surface area contributed by atoms with Gasteiger partial charge in [0, 0.05) is 31.3 Å². The van der Waals surface area contributed by atoms with Crippen LogP contribution >= 0.6 is 0 Å². The molecule has 0 saturated carbocycles. The van der Waals surface area contributed by atoms with Crippen LogP contribution in [0.4, 0.5) is 0 Å². The van der Waals surface area contributed by atoms with Crippen molar-refractivity contribution >= 4 is 22.9 Å². The zero-order chi connectivity index (χ0) is 20.2. The number of carboxylic acid groups (broad SMARTS) is 1. The van der Waals surface area contributed by atoms with Crippen LogP contribution in [-0.2, 0) is 14.3 Å². The van der Waals surface area contributed by atoms with Crippen LogP contribution in [0.15, 0.2) is 42.9 Å². The van der Waals surface area contributed by atoms with Crippen molar-refractivity contribution in [1.82, 2.24) is 24.6 Å². The van der Waals surface area contributed by atoms with Gasteiger partial charge in [-0.3, -0.25) is 14.5 Å². The predicted octanol–water partition coefficient (Wildman–Crippen LogP) is 1.76. The molecular weight excluding hydrogens is 374 g/mol. The lowest BCUT2D eigenvalue weighted by Gasteiger charge is -2.31. The third-order valence-electron chi connectivity index (χ3n) is 4.95. The largest absolute Gasteiger partial charge is 0.480 e. The van der Waals surface area contributed by atoms with Crippen molar-refractivity contribution < 1.29 is 19.4 Å². The highest BCUT2D eigenvalue weighted by atomic mass is 16.5. The van der Waals surface area contributed by atoms with Crippen LogP contribution in [0.5, 0.6) is 0 Å². The van der Waals surface area contributed by atoms with Crippen molar-refractivity contribution in [3.63, 3.8) is 0 Å². The predicted molar refractivity (Wildman–Crippen MR) is 104 cm³/mol. The Kier molecular flexibility index (Phi) is 5.48. The second kappa shape index (κ2) is 8.36. The molecule has 1 aliphatic rings. The van der Waals surface area contributed by atoms with Gasteiger partial charge < -0.3 is 14.7 Å². The van der Waals surface area contributed by atoms with Gasteiger partial charge in [-0.15, -0.1) is 0 Å². The summed E-state index contributed by atoms with van der Waals surface area (Å²) in [5.74, 6) is -0.997. The number of benzene rings is 1. The van der Waals surface area contributed by atoms with Gasteiger partial charge >= 0.3 is 5.97 Å². The lowest BCUT2D eigenvalue weighted by atomic mass is 10.0. The van der Waals surface area contributed by atoms with Crippen LogP contribution in [0.2, 0.25) is 0 Å². The maximum atomic E-state index is 12.4. The summed E-state index contributed by atoms with van der Waals surface area (Å²) in [7, 11) is 0. The second-order valence-electron chi connectivity index (χ2n) is 6.93. The molecule has 3 heterocycles. The van der Waals surface area contributed by atoms with Gasteiger partial charge in [0.2, 0.25) is 5.91 Å². The number of ether oxygens (including phenoxy) is 1. The Balaban J connectivity index is 1.38. The molecule has 1 N–H and O–H groups in total. The number of hydrogen-bond donors (Lipinski definition) is 1. The van der Waals surface area contributed by atoms with Crippen LogP contribution in [0.25, 0.3) is 22.3 Å². The number of carbonyl (C=O) groups excluding carboxylic acids is 1. The number of hydrogen-bond acceptors (Lipinski definition) is 6. The number of rotatable bonds is 7. The molecule has 2 aromatic heterocycles. The molecular formula is C20H21N5O4. The van der Waals surface area contributed by atoms with Crippen molar-refractivity contribution in [3.05, 3.63) is 42.9 Å². The number of likely N-dealkylation sites (tertiary alicyclic amines) is 1. The standard InChI is InChI=1S/C20H21N5O4/c26-19-9-15(5-6-24(19)7-8-29-13-20(27)28)25-12-14(10-22-25)18-11-21-16-3-1-2-4-17(16)23-18/h1-4,10-12,15H,5-9,13H2,(H,27,28). The minimum Gasteiger partial charge on any atom is -0.480 e. The van der Waals surface area contributed by atoms with E-state index in [1.165, 1.54) is 0 Å². The molecule has 0 radical (unpaired) electrons. The first kappa shape index (κ1) is 19.0. The fourth-order valence-corrected chi connectivity index (χ4v) is 3.43. The summed E-state index contributed by atoms with van der Waals surface area (Å²) < 4.78 is 6.84. The van der Waals surface area contributed by atoms with Crippen LogP contribution in [0.1, 0.15) is 18.9 Å². The Hall–Kier alpha value is -3.33. The summed E-state index contributed by atoms with van der Waals surface area (Å²) in [5.41, 5.74) is 3.27. The number of fused-ring (bicyclic) bond motifs is 1. The second-order valence-corrected chi connectivity index (χ2v) is 6.93. The van der Waals surface area contributed by atoms with E-state index in [1.807, 2.05) is 35.1 Å². The molecule has 0 spiro atoms. The van der Waals surface area contributed by atoms with Crippen LogP contribution in [-0.4, -0.2) is 67.9 Å². The van der Waals surface area contributed by atoms with Crippen LogP contribution in [0, 0.1) is 0 Å². The topological polar surface area (TPSA) is 110 Å². The lowest BCUT2D eigenvalue weighted by Crippen LogP contribution is -2.41. The van der Waals surface area contributed by atoms with Crippen LogP contribution < -0.4 is 0 Å². The Morgan fingerprint density at radius 2 is 2.07 bits per heavy atom. The molecule has 150 valence electrons. The number of aliphatic carboxylic acids is 1. The van der Waals surface area contributed by atoms with Crippen molar-refractivity contribution in [3.8, 4) is 11.3 Å². The number of para-hydroxylation sites is 2. The summed E-state index contributed by atoms with van der Waals surface area (Å²) in [5, 5.41) is 13.0. The average molecular weight is 395 g/mol. The number of carboxylic acids is 1. The van der Waals surface area contributed by atoms with Crippen molar-refractivity contribution in [2.75, 3.05) is 26.3 Å². The summed E-state index contributed by atoms with van der Waals surface area (Å²) in [6, 6.07) is 7.68. The quantitative estimate of drug-likeness (QED) is 0.607. The molecule has 1 fully saturated rings. The first-order valence-corrected chi connectivity index (χ1v) is 9.44. The number of nitrogens with zero attached hydrogens (tertiary/aromatic N) is 5. The first-order valence-electron chi connectivity index (χ1n) is 9.44. The fourth-order valence-electron chi connectivity index (χ4n) is 3.43. The van der Waals surface area contributed by atoms with Gasteiger partial charge in [0.05, 0.1) is 41.8 Å². The average Bonchev–Trinajstić information content (AvgIpc) is 3.22. The molecule has 1 saturated heterocycles. The van der Waals surface area contributed by atoms with Gasteiger partial charge in [0.25, 0.3) is 0 Å². The molecule has 1 aliphatic heterocycles. The van der Waals surface area contributed by atoms with E-state index in [0.717, 1.165) is 28.7 Å². The van der Waals surface area contributed by atoms with Gasteiger partial charge in [-0.1, -0.05) is 12.1 Å². The highest BCUT2D eigenvalue weighted by Gasteiger charge is 2.27. The van der Waals surface area contributed by atoms with Gasteiger partial charge in [-0.2, -0.15) is 5.10 Å². The van der Waals surface area contributed by atoms with E-state index in [4.69, 9.17) is 9.84 Å². The Morgan fingerprint density at radius 3 is 2.86 bits per heavy atom. The first-order chi connectivity index (χ1) is 14.1. The Labute approximate surface area is 166 Å². The number of carbonyl (C=O) groups is 2. The minimum absolute atomic E-state index is 0.0131. The normalized spacial score (nSPS) is 17.0. The molecule has 9 heteroatoms. The zero-order valence-corrected chi connectivity index (χ0v) is 15.8. The molecule has 1 amide bonds. The van der Waals surface area contributed by atoms with Gasteiger partial charge in [-0.05, 0) is 18.6 Å². The molecule has 1 aromatic carbocycles. The minimum atomic E-state index is -1.01. The molecule has 1 atom stereocenters. The maximum absolute atomic E-state index is 12.4. The zero-order valence-electron chi connectivity index (χ0n) is 15.8. The number of amides is 1. The summed E-state index contributed by atoms with van der Waals surface area (Å²) in [4.78, 5) is 33.7. The smallest absolute Gasteiger partial charge is 0.329 e. The number of piperidine rings is 1. The van der Waals surface area contributed by atoms with E-state index >= 15 is 0 Å². The summed E-state index contributed by atoms with van der Waals surface area (Å²) >= 11 is 0. The van der Waals surface area contributed by atoms with E-state index in [2.05, 4.69) is 15.1 Å². The van der Waals surface area contributed by atoms with Crippen molar-refractivity contribution in [1.29, 1.82) is 0 Å². The van der Waals surface area contributed by atoms with Crippen molar-refractivity contribution in [2.24, 2.45) is 0 Å². The SMILES string of the molecule is O=C(O)COCCN1CCC(n2cc(-c3cnc4ccccc4n3)cn2)CC1=O. The van der Waals surface area contributed by atoms with Crippen LogP contribution in [0.3, 0.4) is 0 Å². The third kappa shape index (κ3) is 4.40. The summed E-state index contributed by atoms with van der Waals surface area (Å²) in [6.45, 7) is 0.856. The molecule has 0 aliphatic carbocycles. The molecule has 0 bridgehead atoms. The van der Waals surface area contributed by atoms with E-state index in [9.17, 15) is 9.59 Å². The Bertz CT molecular complexity index is 1030. The summed E-state index contributed by atoms with van der Waals surface area (Å²) in [6.07, 6.45) is 6.50. The number of aromatic nitrogens is 4. The van der Waals surface area contributed by atoms with Gasteiger partial charge in [0.15, 0.2) is 0 Å². The van der Waals surface area contributed by atoms with E-state index in [0.29, 0.717) is 19.5 Å². The lowest BCUT2D eigenvalue weighted by molar-refractivity contribution is -0.142. The molecule has 1 unspecified atom stereocenters. The third-order valence-corrected chi connectivity index (χ3v) is 4.95. The van der Waals surface area contributed by atoms with Gasteiger partial charge in [-0.25, -0.2) is 9.78 Å². The van der Waals surface area contributed by atoms with E-state index < -0.39 is 5.97 Å². The molecule has 29 heavy (non-hydrogen) atoms. The fraction of sp³-hybridized carbons (Fsp3) is 0.350. The molecule has 9 nitrogen and oxygen atoms in total. The highest BCUT2D eigenvalue weighted by molar-refractivity contribution is 5.78. The van der Waals surface area contributed by atoms with E-state index in [-0.39, 0.29) is 25.2 Å². The monoisotopic (exact) mass is 395 g/mol. The van der Waals surface area contributed by atoms with E-state index in [1.54, 1.807) is 17.3 Å².